The van der Waals surface area contributed by atoms with Gasteiger partial charge >= 0.3 is 0 Å². The van der Waals surface area contributed by atoms with Crippen LogP contribution >= 0.6 is 0 Å². The van der Waals surface area contributed by atoms with Gasteiger partial charge in [0.05, 0.1) is 6.61 Å². The SMILES string of the molecule is Cc1c(C)c2c(c(C)c1O)CCC(C)(C(=O)N[C@@H](CO)C(=O)N1CCc3ccccc3C1)O2. The summed E-state index contributed by atoms with van der Waals surface area (Å²) in [7, 11) is 0. The highest BCUT2D eigenvalue weighted by atomic mass is 16.5. The number of phenols is 1. The molecule has 2 aliphatic rings. The lowest BCUT2D eigenvalue weighted by molar-refractivity contribution is -0.144. The Labute approximate surface area is 194 Å². The lowest BCUT2D eigenvalue weighted by Crippen LogP contribution is -2.58. The Kier molecular flexibility index (Phi) is 6.10. The molecule has 0 spiro atoms. The number of hydrogen-bond acceptors (Lipinski definition) is 5. The molecule has 7 nitrogen and oxygen atoms in total. The first kappa shape index (κ1) is 23.1. The zero-order valence-electron chi connectivity index (χ0n) is 19.7. The molecule has 2 aliphatic heterocycles. The van der Waals surface area contributed by atoms with Gasteiger partial charge in [0.25, 0.3) is 5.91 Å². The van der Waals surface area contributed by atoms with E-state index in [4.69, 9.17) is 4.74 Å². The largest absolute Gasteiger partial charge is 0.507 e. The molecule has 7 heteroatoms. The molecular weight excluding hydrogens is 420 g/mol. The van der Waals surface area contributed by atoms with Gasteiger partial charge in [0.2, 0.25) is 5.91 Å². The third-order valence-corrected chi connectivity index (χ3v) is 7.23. The van der Waals surface area contributed by atoms with Crippen LogP contribution in [0.15, 0.2) is 24.3 Å². The van der Waals surface area contributed by atoms with E-state index < -0.39 is 24.2 Å². The maximum Gasteiger partial charge on any atom is 0.264 e. The average molecular weight is 453 g/mol. The summed E-state index contributed by atoms with van der Waals surface area (Å²) < 4.78 is 6.22. The Morgan fingerprint density at radius 3 is 2.52 bits per heavy atom. The van der Waals surface area contributed by atoms with E-state index in [-0.39, 0.29) is 11.7 Å². The van der Waals surface area contributed by atoms with Crippen molar-refractivity contribution in [2.45, 2.75) is 65.1 Å². The van der Waals surface area contributed by atoms with Crippen LogP contribution in [0.4, 0.5) is 0 Å². The predicted molar refractivity (Wildman–Crippen MR) is 124 cm³/mol. The molecule has 2 amide bonds. The molecule has 0 saturated heterocycles. The normalized spacial score (nSPS) is 20.3. The van der Waals surface area contributed by atoms with Crippen molar-refractivity contribution in [2.75, 3.05) is 13.2 Å². The van der Waals surface area contributed by atoms with Crippen LogP contribution in [-0.2, 0) is 29.0 Å². The van der Waals surface area contributed by atoms with Gasteiger partial charge in [-0.3, -0.25) is 9.59 Å². The second-order valence-corrected chi connectivity index (χ2v) is 9.35. The fraction of sp³-hybridized carbons (Fsp3) is 0.462. The number of aromatic hydroxyl groups is 1. The van der Waals surface area contributed by atoms with Crippen molar-refractivity contribution in [1.29, 1.82) is 0 Å². The van der Waals surface area contributed by atoms with Gasteiger partial charge < -0.3 is 25.2 Å². The fourth-order valence-electron chi connectivity index (χ4n) is 4.81. The number of amides is 2. The summed E-state index contributed by atoms with van der Waals surface area (Å²) in [5, 5.41) is 23.0. The number of carbonyl (C=O) groups excluding carboxylic acids is 2. The summed E-state index contributed by atoms with van der Waals surface area (Å²) in [6.45, 7) is 7.77. The third-order valence-electron chi connectivity index (χ3n) is 7.23. The van der Waals surface area contributed by atoms with Crippen LogP contribution in [0.5, 0.6) is 11.5 Å². The van der Waals surface area contributed by atoms with Crippen molar-refractivity contribution < 1.29 is 24.5 Å². The Bertz CT molecular complexity index is 1110. The van der Waals surface area contributed by atoms with E-state index in [1.165, 1.54) is 5.56 Å². The number of benzene rings is 2. The molecule has 1 unspecified atom stereocenters. The number of carbonyl (C=O) groups is 2. The minimum atomic E-state index is -1.18. The van der Waals surface area contributed by atoms with Crippen LogP contribution in [-0.4, -0.2) is 51.7 Å². The summed E-state index contributed by atoms with van der Waals surface area (Å²) in [6, 6.07) is 6.96. The quantitative estimate of drug-likeness (QED) is 0.662. The van der Waals surface area contributed by atoms with E-state index in [1.807, 2.05) is 39.0 Å². The molecule has 2 heterocycles. The first-order valence-corrected chi connectivity index (χ1v) is 11.4. The number of nitrogens with one attached hydrogen (secondary N) is 1. The summed E-state index contributed by atoms with van der Waals surface area (Å²) in [5.74, 6) is 0.150. The predicted octanol–water partition coefficient (Wildman–Crippen LogP) is 2.46. The molecule has 3 N–H and O–H groups in total. The molecule has 0 radical (unpaired) electrons. The maximum absolute atomic E-state index is 13.3. The van der Waals surface area contributed by atoms with Gasteiger partial charge in [0.1, 0.15) is 17.5 Å². The van der Waals surface area contributed by atoms with Gasteiger partial charge in [0, 0.05) is 25.1 Å². The zero-order chi connectivity index (χ0) is 23.9. The molecular formula is C26H32N2O5. The first-order chi connectivity index (χ1) is 15.7. The molecule has 0 fully saturated rings. The highest BCUT2D eigenvalue weighted by molar-refractivity contribution is 5.92. The summed E-state index contributed by atoms with van der Waals surface area (Å²) in [5.41, 5.74) is 4.32. The van der Waals surface area contributed by atoms with Crippen molar-refractivity contribution in [3.8, 4) is 11.5 Å². The van der Waals surface area contributed by atoms with Crippen molar-refractivity contribution in [3.05, 3.63) is 57.6 Å². The standard InChI is InChI=1S/C26H32N2O5/c1-15-16(2)23-20(17(3)22(15)30)9-11-26(4,33-23)25(32)27-21(14-29)24(31)28-12-10-18-7-5-6-8-19(18)13-28/h5-8,21,29-30H,9-14H2,1-4H3,(H,27,32)/t21-,26?/m0/s1. The first-order valence-electron chi connectivity index (χ1n) is 11.4. The van der Waals surface area contributed by atoms with Crippen LogP contribution in [0.1, 0.15) is 46.7 Å². The smallest absolute Gasteiger partial charge is 0.264 e. The molecule has 0 aromatic heterocycles. The Morgan fingerprint density at radius 2 is 1.82 bits per heavy atom. The molecule has 33 heavy (non-hydrogen) atoms. The Hall–Kier alpha value is -3.06. The second-order valence-electron chi connectivity index (χ2n) is 9.35. The van der Waals surface area contributed by atoms with Gasteiger partial charge in [0.15, 0.2) is 5.60 Å². The van der Waals surface area contributed by atoms with Crippen LogP contribution in [0.3, 0.4) is 0 Å². The van der Waals surface area contributed by atoms with E-state index in [9.17, 15) is 19.8 Å². The third kappa shape index (κ3) is 4.06. The van der Waals surface area contributed by atoms with Crippen LogP contribution < -0.4 is 10.1 Å². The number of phenolic OH excluding ortho intramolecular Hbond substituents is 1. The molecule has 0 saturated carbocycles. The minimum absolute atomic E-state index is 0.261. The molecule has 2 aromatic rings. The van der Waals surface area contributed by atoms with Crippen LogP contribution in [0.25, 0.3) is 0 Å². The number of aliphatic hydroxyl groups excluding tert-OH is 1. The van der Waals surface area contributed by atoms with Gasteiger partial charge in [-0.05, 0) is 68.4 Å². The summed E-state index contributed by atoms with van der Waals surface area (Å²) in [6.07, 6.45) is 1.72. The van der Waals surface area contributed by atoms with E-state index in [0.29, 0.717) is 31.7 Å². The van der Waals surface area contributed by atoms with E-state index in [0.717, 1.165) is 34.2 Å². The van der Waals surface area contributed by atoms with Crippen molar-refractivity contribution >= 4 is 11.8 Å². The number of ether oxygens (including phenoxy) is 1. The second kappa shape index (κ2) is 8.71. The van der Waals surface area contributed by atoms with Crippen LogP contribution in [0.2, 0.25) is 0 Å². The molecule has 2 aromatic carbocycles. The van der Waals surface area contributed by atoms with Gasteiger partial charge in [-0.25, -0.2) is 0 Å². The number of rotatable bonds is 4. The van der Waals surface area contributed by atoms with Gasteiger partial charge in [-0.15, -0.1) is 0 Å². The van der Waals surface area contributed by atoms with Crippen molar-refractivity contribution in [2.24, 2.45) is 0 Å². The van der Waals surface area contributed by atoms with E-state index in [2.05, 4.69) is 11.4 Å². The average Bonchev–Trinajstić information content (AvgIpc) is 2.83. The molecule has 2 atom stereocenters. The highest BCUT2D eigenvalue weighted by Gasteiger charge is 2.42. The number of aliphatic hydroxyl groups is 1. The topological polar surface area (TPSA) is 99.1 Å². The number of fused-ring (bicyclic) bond motifs is 2. The van der Waals surface area contributed by atoms with E-state index in [1.54, 1.807) is 11.8 Å². The molecule has 0 aliphatic carbocycles. The monoisotopic (exact) mass is 452 g/mol. The highest BCUT2D eigenvalue weighted by Crippen LogP contribution is 2.43. The maximum atomic E-state index is 13.3. The summed E-state index contributed by atoms with van der Waals surface area (Å²) >= 11 is 0. The van der Waals surface area contributed by atoms with Crippen molar-refractivity contribution in [3.63, 3.8) is 0 Å². The number of nitrogens with zero attached hydrogens (tertiary/aromatic N) is 1. The summed E-state index contributed by atoms with van der Waals surface area (Å²) in [4.78, 5) is 28.1. The fourth-order valence-corrected chi connectivity index (χ4v) is 4.81. The van der Waals surface area contributed by atoms with Crippen molar-refractivity contribution in [1.82, 2.24) is 10.2 Å². The lowest BCUT2D eigenvalue weighted by atomic mass is 9.86. The molecule has 0 bridgehead atoms. The van der Waals surface area contributed by atoms with E-state index >= 15 is 0 Å². The number of hydrogen-bond donors (Lipinski definition) is 3. The van der Waals surface area contributed by atoms with Crippen LogP contribution in [0, 0.1) is 20.8 Å². The molecule has 176 valence electrons. The van der Waals surface area contributed by atoms with Gasteiger partial charge in [-0.2, -0.15) is 0 Å². The van der Waals surface area contributed by atoms with Gasteiger partial charge in [-0.1, -0.05) is 24.3 Å². The minimum Gasteiger partial charge on any atom is -0.507 e. The molecule has 4 rings (SSSR count). The Balaban J connectivity index is 1.50. The lowest BCUT2D eigenvalue weighted by Gasteiger charge is -2.38. The zero-order valence-corrected chi connectivity index (χ0v) is 19.7. The Morgan fingerprint density at radius 1 is 1.12 bits per heavy atom.